The molecule has 0 unspecified atom stereocenters. The number of alkyl carbamates (subject to hydrolysis) is 1. The average molecular weight is 590 g/mol. The van der Waals surface area contributed by atoms with E-state index in [9.17, 15) is 14.4 Å². The molecule has 1 aliphatic heterocycles. The van der Waals surface area contributed by atoms with Gasteiger partial charge in [0.05, 0.1) is 23.9 Å². The Hall–Kier alpha value is -3.86. The van der Waals surface area contributed by atoms with Crippen LogP contribution in [0.5, 0.6) is 0 Å². The third-order valence-corrected chi connectivity index (χ3v) is 8.28. The van der Waals surface area contributed by atoms with E-state index in [1.165, 1.54) is 6.92 Å². The van der Waals surface area contributed by atoms with Crippen molar-refractivity contribution in [2.24, 2.45) is 0 Å². The molecule has 1 saturated carbocycles. The third-order valence-electron chi connectivity index (χ3n) is 8.28. The number of hydrogen-bond donors (Lipinski definition) is 1. The molecule has 2 aliphatic rings. The first-order chi connectivity index (χ1) is 20.5. The van der Waals surface area contributed by atoms with Gasteiger partial charge in [0.2, 0.25) is 0 Å². The SMILES string of the molecule is CC(=O)c1c(C)c2cnc(Cc3ccc(N4CCN(CCNC(=O)OC(C)(C)C)CC4)cn3)nc2n(C2CCCC2)c1=O. The number of nitrogens with one attached hydrogen (secondary N) is 1. The lowest BCUT2D eigenvalue weighted by molar-refractivity contribution is 0.0521. The summed E-state index contributed by atoms with van der Waals surface area (Å²) < 4.78 is 7.05. The number of piperazine rings is 1. The zero-order chi connectivity index (χ0) is 30.7. The number of rotatable bonds is 8. The minimum absolute atomic E-state index is 0.0514. The van der Waals surface area contributed by atoms with Crippen LogP contribution in [0.2, 0.25) is 0 Å². The summed E-state index contributed by atoms with van der Waals surface area (Å²) in [6.07, 6.45) is 7.67. The second kappa shape index (κ2) is 12.8. The molecule has 43 heavy (non-hydrogen) atoms. The maximum absolute atomic E-state index is 13.5. The van der Waals surface area contributed by atoms with E-state index in [1.807, 2.05) is 40.0 Å². The molecule has 0 bridgehead atoms. The van der Waals surface area contributed by atoms with Gasteiger partial charge in [-0.05, 0) is 65.2 Å². The first-order valence-electron chi connectivity index (χ1n) is 15.3. The molecule has 0 radical (unpaired) electrons. The van der Waals surface area contributed by atoms with Gasteiger partial charge < -0.3 is 15.0 Å². The van der Waals surface area contributed by atoms with Gasteiger partial charge in [0.25, 0.3) is 5.56 Å². The lowest BCUT2D eigenvalue weighted by Crippen LogP contribution is -2.48. The number of carbonyl (C=O) groups excluding carboxylic acids is 2. The van der Waals surface area contributed by atoms with Gasteiger partial charge in [-0.3, -0.25) is 24.0 Å². The Kier molecular flexibility index (Phi) is 9.10. The molecular weight excluding hydrogens is 546 g/mol. The summed E-state index contributed by atoms with van der Waals surface area (Å²) in [4.78, 5) is 56.5. The van der Waals surface area contributed by atoms with Crippen molar-refractivity contribution in [3.8, 4) is 0 Å². The van der Waals surface area contributed by atoms with Crippen molar-refractivity contribution in [2.75, 3.05) is 44.2 Å². The lowest BCUT2D eigenvalue weighted by atomic mass is 10.0. The zero-order valence-corrected chi connectivity index (χ0v) is 26.0. The highest BCUT2D eigenvalue weighted by atomic mass is 16.6. The van der Waals surface area contributed by atoms with Crippen molar-refractivity contribution in [2.45, 2.75) is 78.4 Å². The lowest BCUT2D eigenvalue weighted by Gasteiger charge is -2.36. The van der Waals surface area contributed by atoms with Gasteiger partial charge >= 0.3 is 6.09 Å². The highest BCUT2D eigenvalue weighted by Crippen LogP contribution is 2.31. The van der Waals surface area contributed by atoms with E-state index in [-0.39, 0.29) is 29.0 Å². The van der Waals surface area contributed by atoms with E-state index in [4.69, 9.17) is 14.7 Å². The number of ether oxygens (including phenoxy) is 1. The van der Waals surface area contributed by atoms with Crippen LogP contribution in [-0.2, 0) is 11.2 Å². The van der Waals surface area contributed by atoms with Gasteiger partial charge in [0.15, 0.2) is 5.78 Å². The standard InChI is InChI=1S/C32H43N7O4/c1-21-26-20-35-27(36-29(26)39(24-8-6-7-9-24)30(41)28(21)22(2)40)18-23-10-11-25(19-34-23)38-16-14-37(15-17-38)13-12-33-31(42)43-32(3,4)5/h10-11,19-20,24H,6-9,12-18H2,1-5H3,(H,33,42). The number of ketones is 1. The smallest absolute Gasteiger partial charge is 0.407 e. The van der Waals surface area contributed by atoms with Gasteiger partial charge in [0, 0.05) is 62.6 Å². The Bertz CT molecular complexity index is 1530. The summed E-state index contributed by atoms with van der Waals surface area (Å²) in [5.74, 6) is 0.378. The monoisotopic (exact) mass is 589 g/mol. The van der Waals surface area contributed by atoms with E-state index in [0.29, 0.717) is 30.0 Å². The van der Waals surface area contributed by atoms with E-state index < -0.39 is 5.60 Å². The summed E-state index contributed by atoms with van der Waals surface area (Å²) in [5.41, 5.74) is 2.68. The Morgan fingerprint density at radius 2 is 1.77 bits per heavy atom. The summed E-state index contributed by atoms with van der Waals surface area (Å²) in [5, 5.41) is 3.58. The van der Waals surface area contributed by atoms with Crippen LogP contribution in [-0.4, -0.2) is 81.2 Å². The van der Waals surface area contributed by atoms with Crippen molar-refractivity contribution in [3.05, 3.63) is 57.5 Å². The molecule has 11 nitrogen and oxygen atoms in total. The van der Waals surface area contributed by atoms with E-state index in [0.717, 1.165) is 75.2 Å². The second-order valence-electron chi connectivity index (χ2n) is 12.6. The molecular formula is C32H43N7O4. The van der Waals surface area contributed by atoms with Crippen LogP contribution < -0.4 is 15.8 Å². The Balaban J connectivity index is 1.22. The molecule has 230 valence electrons. The zero-order valence-electron chi connectivity index (χ0n) is 26.0. The van der Waals surface area contributed by atoms with Gasteiger partial charge in [0.1, 0.15) is 17.1 Å². The number of aromatic nitrogens is 4. The van der Waals surface area contributed by atoms with Gasteiger partial charge in [-0.15, -0.1) is 0 Å². The van der Waals surface area contributed by atoms with E-state index >= 15 is 0 Å². The Labute approximate surface area is 252 Å². The van der Waals surface area contributed by atoms with Crippen LogP contribution in [0, 0.1) is 6.92 Å². The maximum atomic E-state index is 13.5. The fraction of sp³-hybridized carbons (Fsp3) is 0.562. The van der Waals surface area contributed by atoms with Crippen LogP contribution in [0.15, 0.2) is 29.3 Å². The number of amides is 1. The van der Waals surface area contributed by atoms with Crippen molar-refractivity contribution < 1.29 is 14.3 Å². The topological polar surface area (TPSA) is 123 Å². The predicted molar refractivity (Wildman–Crippen MR) is 166 cm³/mol. The number of fused-ring (bicyclic) bond motifs is 1. The first-order valence-corrected chi connectivity index (χ1v) is 15.3. The highest BCUT2D eigenvalue weighted by Gasteiger charge is 2.26. The summed E-state index contributed by atoms with van der Waals surface area (Å²) >= 11 is 0. The quantitative estimate of drug-likeness (QED) is 0.388. The van der Waals surface area contributed by atoms with Gasteiger partial charge in [-0.2, -0.15) is 0 Å². The molecule has 0 aromatic carbocycles. The molecule has 1 aliphatic carbocycles. The largest absolute Gasteiger partial charge is 0.444 e. The molecule has 1 N–H and O–H groups in total. The van der Waals surface area contributed by atoms with Crippen LogP contribution in [0.3, 0.4) is 0 Å². The molecule has 11 heteroatoms. The Morgan fingerprint density at radius 3 is 2.40 bits per heavy atom. The Morgan fingerprint density at radius 1 is 1.05 bits per heavy atom. The fourth-order valence-corrected chi connectivity index (χ4v) is 6.10. The highest BCUT2D eigenvalue weighted by molar-refractivity contribution is 5.99. The van der Waals surface area contributed by atoms with Crippen LogP contribution >= 0.6 is 0 Å². The van der Waals surface area contributed by atoms with Crippen LogP contribution in [0.4, 0.5) is 10.5 Å². The molecule has 4 heterocycles. The molecule has 3 aromatic rings. The number of anilines is 1. The van der Waals surface area contributed by atoms with E-state index in [1.54, 1.807) is 10.8 Å². The summed E-state index contributed by atoms with van der Waals surface area (Å²) in [6.45, 7) is 13.7. The van der Waals surface area contributed by atoms with E-state index in [2.05, 4.69) is 26.2 Å². The molecule has 0 atom stereocenters. The van der Waals surface area contributed by atoms with Gasteiger partial charge in [-0.1, -0.05) is 12.8 Å². The normalized spacial score (nSPS) is 16.5. The number of carbonyl (C=O) groups is 2. The summed E-state index contributed by atoms with van der Waals surface area (Å²) in [7, 11) is 0. The number of aryl methyl sites for hydroxylation is 1. The van der Waals surface area contributed by atoms with Crippen molar-refractivity contribution in [1.29, 1.82) is 0 Å². The minimum Gasteiger partial charge on any atom is -0.444 e. The molecule has 3 aromatic heterocycles. The fourth-order valence-electron chi connectivity index (χ4n) is 6.10. The van der Waals surface area contributed by atoms with Crippen LogP contribution in [0.25, 0.3) is 11.0 Å². The number of nitrogens with zero attached hydrogens (tertiary/aromatic N) is 6. The van der Waals surface area contributed by atoms with Crippen molar-refractivity contribution >= 4 is 28.6 Å². The minimum atomic E-state index is -0.498. The molecule has 2 fully saturated rings. The predicted octanol–water partition coefficient (Wildman–Crippen LogP) is 4.05. The number of pyridine rings is 2. The maximum Gasteiger partial charge on any atom is 0.407 e. The molecule has 1 amide bonds. The second-order valence-corrected chi connectivity index (χ2v) is 12.6. The average Bonchev–Trinajstić information content (AvgIpc) is 3.47. The van der Waals surface area contributed by atoms with Crippen molar-refractivity contribution in [1.82, 2.24) is 29.7 Å². The first kappa shape index (κ1) is 30.6. The van der Waals surface area contributed by atoms with Gasteiger partial charge in [-0.25, -0.2) is 14.8 Å². The van der Waals surface area contributed by atoms with Crippen molar-refractivity contribution in [3.63, 3.8) is 0 Å². The summed E-state index contributed by atoms with van der Waals surface area (Å²) in [6, 6.07) is 4.14. The molecule has 1 saturated heterocycles. The number of hydrogen-bond acceptors (Lipinski definition) is 9. The number of Topliss-reactive ketones (excluding diaryl/α,β-unsaturated/α-hetero) is 1. The molecule has 5 rings (SSSR count). The van der Waals surface area contributed by atoms with Crippen LogP contribution in [0.1, 0.15) is 86.9 Å². The molecule has 0 spiro atoms. The third kappa shape index (κ3) is 7.21.